The van der Waals surface area contributed by atoms with E-state index in [-0.39, 0.29) is 12.0 Å². The van der Waals surface area contributed by atoms with Crippen LogP contribution in [0, 0.1) is 12.8 Å². The number of nitrogens with zero attached hydrogens (tertiary/aromatic N) is 1. The minimum absolute atomic E-state index is 0.191. The van der Waals surface area contributed by atoms with Crippen molar-refractivity contribution in [3.8, 4) is 0 Å². The van der Waals surface area contributed by atoms with Gasteiger partial charge < -0.3 is 24.2 Å². The summed E-state index contributed by atoms with van der Waals surface area (Å²) in [6, 6.07) is 0. The Hall–Kier alpha value is -1.10. The van der Waals surface area contributed by atoms with Crippen molar-refractivity contribution in [3.63, 3.8) is 0 Å². The topological polar surface area (TPSA) is 177 Å². The summed E-state index contributed by atoms with van der Waals surface area (Å²) in [5.41, 5.74) is -1.84. The van der Waals surface area contributed by atoms with E-state index in [2.05, 4.69) is 4.98 Å². The summed E-state index contributed by atoms with van der Waals surface area (Å²) in [4.78, 5) is 55.5. The molecular weight excluding hydrogens is 466 g/mol. The van der Waals surface area contributed by atoms with Crippen molar-refractivity contribution in [1.82, 2.24) is 9.55 Å². The molecule has 1 saturated carbocycles. The fourth-order valence-electron chi connectivity index (χ4n) is 3.37. The molecule has 2 fully saturated rings. The normalized spacial score (nSPS) is 28.2. The van der Waals surface area contributed by atoms with Gasteiger partial charge in [-0.15, -0.1) is 0 Å². The highest BCUT2D eigenvalue weighted by atomic mass is 31.2. The molecule has 0 bridgehead atoms. The summed E-state index contributed by atoms with van der Waals surface area (Å²) < 4.78 is 42.7. The van der Waals surface area contributed by atoms with Crippen molar-refractivity contribution >= 4 is 15.2 Å². The second kappa shape index (κ2) is 9.64. The molecule has 14 heteroatoms. The molecule has 5 unspecified atom stereocenters. The Labute approximate surface area is 184 Å². The molecule has 0 amide bonds. The zero-order valence-electron chi connectivity index (χ0n) is 18.1. The first-order valence-electron chi connectivity index (χ1n) is 10.4. The Morgan fingerprint density at radius 2 is 1.88 bits per heavy atom. The van der Waals surface area contributed by atoms with E-state index in [1.54, 1.807) is 0 Å². The highest BCUT2D eigenvalue weighted by Gasteiger charge is 2.51. The predicted molar refractivity (Wildman–Crippen MR) is 114 cm³/mol. The fourth-order valence-corrected chi connectivity index (χ4v) is 4.81. The summed E-state index contributed by atoms with van der Waals surface area (Å²) in [5.74, 6) is 0.311. The number of hydrogen-bond acceptors (Lipinski definition) is 7. The molecule has 32 heavy (non-hydrogen) atoms. The number of aryl methyl sites for hydroxylation is 1. The number of nitrogens with one attached hydrogen (secondary N) is 1. The highest BCUT2D eigenvalue weighted by molar-refractivity contribution is 7.53. The predicted octanol–water partition coefficient (Wildman–Crippen LogP) is 1.08. The molecule has 1 aliphatic heterocycles. The van der Waals surface area contributed by atoms with Crippen LogP contribution in [0.3, 0.4) is 0 Å². The molecule has 1 aromatic heterocycles. The van der Waals surface area contributed by atoms with Crippen molar-refractivity contribution in [1.29, 1.82) is 0 Å². The Morgan fingerprint density at radius 1 is 1.22 bits per heavy atom. The van der Waals surface area contributed by atoms with E-state index in [1.807, 2.05) is 0 Å². The van der Waals surface area contributed by atoms with Gasteiger partial charge in [-0.1, -0.05) is 13.8 Å². The van der Waals surface area contributed by atoms with Gasteiger partial charge >= 0.3 is 20.9 Å². The molecule has 1 aliphatic carbocycles. The Kier molecular flexibility index (Phi) is 7.69. The van der Waals surface area contributed by atoms with Crippen molar-refractivity contribution in [3.05, 3.63) is 32.6 Å². The Morgan fingerprint density at radius 3 is 2.44 bits per heavy atom. The van der Waals surface area contributed by atoms with Gasteiger partial charge in [0.15, 0.2) is 6.23 Å². The summed E-state index contributed by atoms with van der Waals surface area (Å²) in [6.45, 7) is 4.83. The quantitative estimate of drug-likeness (QED) is 0.343. The first-order chi connectivity index (χ1) is 14.8. The third-order valence-corrected chi connectivity index (χ3v) is 8.25. The van der Waals surface area contributed by atoms with E-state index in [0.717, 1.165) is 17.4 Å². The van der Waals surface area contributed by atoms with Gasteiger partial charge in [-0.05, 0) is 32.1 Å². The summed E-state index contributed by atoms with van der Waals surface area (Å²) in [7, 11) is -8.53. The van der Waals surface area contributed by atoms with Gasteiger partial charge in [0.1, 0.15) is 12.2 Å². The average Bonchev–Trinajstić information content (AvgIpc) is 3.43. The van der Waals surface area contributed by atoms with Gasteiger partial charge in [-0.2, -0.15) is 0 Å². The maximum Gasteiger partial charge on any atom is 0.331 e. The van der Waals surface area contributed by atoms with Gasteiger partial charge in [-0.25, -0.2) is 4.79 Å². The Bertz CT molecular complexity index is 1030. The fraction of sp³-hybridized carbons (Fsp3) is 0.778. The van der Waals surface area contributed by atoms with Crippen LogP contribution in [0.4, 0.5) is 0 Å². The lowest BCUT2D eigenvalue weighted by Crippen LogP contribution is -2.41. The molecule has 12 nitrogen and oxygen atoms in total. The highest BCUT2D eigenvalue weighted by Crippen LogP contribution is 2.52. The maximum absolute atomic E-state index is 12.7. The van der Waals surface area contributed by atoms with E-state index in [4.69, 9.17) is 14.0 Å². The molecule has 1 aromatic rings. The molecule has 2 aliphatic rings. The van der Waals surface area contributed by atoms with Gasteiger partial charge in [0.25, 0.3) is 5.56 Å². The first kappa shape index (κ1) is 25.5. The van der Waals surface area contributed by atoms with Crippen LogP contribution in [0.5, 0.6) is 0 Å². The van der Waals surface area contributed by atoms with Gasteiger partial charge in [0.05, 0.1) is 24.5 Å². The number of rotatable bonds is 10. The summed E-state index contributed by atoms with van der Waals surface area (Å²) in [6.07, 6.45) is -1.85. The van der Waals surface area contributed by atoms with Crippen molar-refractivity contribution < 1.29 is 37.8 Å². The number of hydrogen-bond donors (Lipinski definition) is 4. The molecule has 4 N–H and O–H groups in total. The minimum Gasteiger partial charge on any atom is -0.370 e. The zero-order valence-corrected chi connectivity index (χ0v) is 19.9. The second-order valence-electron chi connectivity index (χ2n) is 8.69. The van der Waals surface area contributed by atoms with Crippen LogP contribution in [0.2, 0.25) is 0 Å². The molecule has 0 spiro atoms. The lowest BCUT2D eigenvalue weighted by Gasteiger charge is -2.28. The smallest absolute Gasteiger partial charge is 0.331 e. The maximum atomic E-state index is 12.7. The monoisotopic (exact) mass is 496 g/mol. The second-order valence-corrected chi connectivity index (χ2v) is 12.8. The van der Waals surface area contributed by atoms with Crippen LogP contribution in [-0.2, 0) is 23.1 Å². The van der Waals surface area contributed by atoms with Crippen LogP contribution < -0.4 is 11.2 Å². The average molecular weight is 496 g/mol. The largest absolute Gasteiger partial charge is 0.370 e. The minimum atomic E-state index is -4.40. The van der Waals surface area contributed by atoms with Gasteiger partial charge in [0.2, 0.25) is 0 Å². The SMILES string of the molecule is Cc1cn(C2OC(CCP(=O)(O)O)C(OP(=O)(O)C(C)C)C2OCC2CC2)c(=O)[nH]c1=O. The van der Waals surface area contributed by atoms with Crippen molar-refractivity contribution in [2.45, 2.75) is 70.2 Å². The summed E-state index contributed by atoms with van der Waals surface area (Å²) >= 11 is 0. The van der Waals surface area contributed by atoms with E-state index in [1.165, 1.54) is 27.0 Å². The molecule has 3 rings (SSSR count). The molecule has 0 radical (unpaired) electrons. The molecule has 1 saturated heterocycles. The van der Waals surface area contributed by atoms with Crippen LogP contribution in [-0.4, -0.2) is 61.0 Å². The number of aromatic nitrogens is 2. The third kappa shape index (κ3) is 6.27. The number of ether oxygens (including phenoxy) is 2. The zero-order chi connectivity index (χ0) is 23.8. The van der Waals surface area contributed by atoms with Crippen LogP contribution in [0.1, 0.15) is 44.9 Å². The molecule has 2 heterocycles. The van der Waals surface area contributed by atoms with E-state index < -0.39 is 62.8 Å². The molecule has 5 atom stereocenters. The number of aromatic amines is 1. The van der Waals surface area contributed by atoms with E-state index in [0.29, 0.717) is 12.5 Å². The lowest BCUT2D eigenvalue weighted by atomic mass is 10.1. The van der Waals surface area contributed by atoms with Gasteiger partial charge in [0, 0.05) is 11.8 Å². The van der Waals surface area contributed by atoms with Crippen LogP contribution in [0.15, 0.2) is 15.8 Å². The summed E-state index contributed by atoms with van der Waals surface area (Å²) in [5, 5.41) is 0. The van der Waals surface area contributed by atoms with Crippen molar-refractivity contribution in [2.75, 3.05) is 12.8 Å². The van der Waals surface area contributed by atoms with Crippen molar-refractivity contribution in [2.24, 2.45) is 5.92 Å². The standard InChI is InChI=1S/C18H30N2O10P2/c1-10(2)32(26,27)30-14-13(6-7-31(23,24)25)29-17(15(14)28-9-12-4-5-12)20-8-11(3)16(21)19-18(20)22/h8,10,12-15,17H,4-7,9H2,1-3H3,(H,26,27)(H,19,21,22)(H2,23,24,25). The van der Waals surface area contributed by atoms with Crippen LogP contribution >= 0.6 is 15.2 Å². The number of H-pyrrole nitrogens is 1. The van der Waals surface area contributed by atoms with Crippen LogP contribution in [0.25, 0.3) is 0 Å². The van der Waals surface area contributed by atoms with E-state index in [9.17, 15) is 33.4 Å². The lowest BCUT2D eigenvalue weighted by molar-refractivity contribution is -0.0722. The first-order valence-corrected chi connectivity index (χ1v) is 13.9. The molecule has 182 valence electrons. The molecule has 0 aromatic carbocycles. The third-order valence-electron chi connectivity index (χ3n) is 5.56. The Balaban J connectivity index is 1.99. The molecular formula is C18H30N2O10P2. The van der Waals surface area contributed by atoms with Gasteiger partial charge in [-0.3, -0.25) is 28.0 Å². The van der Waals surface area contributed by atoms with E-state index >= 15 is 0 Å².